The van der Waals surface area contributed by atoms with E-state index in [4.69, 9.17) is 16.3 Å². The van der Waals surface area contributed by atoms with Crippen molar-refractivity contribution in [2.75, 3.05) is 24.7 Å². The Kier molecular flexibility index (Phi) is 4.78. The van der Waals surface area contributed by atoms with Crippen LogP contribution >= 0.6 is 11.6 Å². The lowest BCUT2D eigenvalue weighted by Gasteiger charge is -2.36. The number of nitriles is 1. The van der Waals surface area contributed by atoms with Gasteiger partial charge in [0.1, 0.15) is 17.5 Å². The van der Waals surface area contributed by atoms with Gasteiger partial charge in [-0.3, -0.25) is 9.97 Å². The second kappa shape index (κ2) is 7.74. The second-order valence-electron chi connectivity index (χ2n) is 8.65. The number of anilines is 2. The smallest absolute Gasteiger partial charge is 0.142 e. The van der Waals surface area contributed by atoms with E-state index in [-0.39, 0.29) is 18.2 Å². The molecule has 6 nitrogen and oxygen atoms in total. The molecule has 0 spiro atoms. The molecule has 1 N–H and O–H groups in total. The molecule has 2 aromatic heterocycles. The highest BCUT2D eigenvalue weighted by molar-refractivity contribution is 6.31. The van der Waals surface area contributed by atoms with Gasteiger partial charge < -0.3 is 14.7 Å². The van der Waals surface area contributed by atoms with E-state index in [1.807, 2.05) is 29.2 Å². The first-order valence-corrected chi connectivity index (χ1v) is 11.2. The van der Waals surface area contributed by atoms with E-state index in [1.165, 1.54) is 6.07 Å². The Labute approximate surface area is 199 Å². The first kappa shape index (κ1) is 21.0. The standard InChI is InChI=1S/C26H18ClFN4O2/c27-21-8-24-16(7-22(21)28)3-4-32(24)25-18(9-29)11-31-23-2-1-15(6-20(23)25)17-5-19(12-30-10-17)26(33)13-34-14-26/h1-2,5-8,10-12,33H,3-4,13-14H2. The van der Waals surface area contributed by atoms with Gasteiger partial charge >= 0.3 is 0 Å². The molecule has 1 saturated heterocycles. The van der Waals surface area contributed by atoms with Crippen LogP contribution in [-0.4, -0.2) is 34.8 Å². The number of aliphatic hydroxyl groups is 1. The Balaban J connectivity index is 1.52. The Bertz CT molecular complexity index is 1510. The Morgan fingerprint density at radius 1 is 1.12 bits per heavy atom. The number of halogens is 2. The first-order chi connectivity index (χ1) is 16.5. The third kappa shape index (κ3) is 3.23. The summed E-state index contributed by atoms with van der Waals surface area (Å²) in [6, 6.07) is 13.1. The van der Waals surface area contributed by atoms with Crippen LogP contribution in [0.2, 0.25) is 5.02 Å². The van der Waals surface area contributed by atoms with E-state index >= 15 is 0 Å². The van der Waals surface area contributed by atoms with Crippen LogP contribution < -0.4 is 4.90 Å². The predicted molar refractivity (Wildman–Crippen MR) is 127 cm³/mol. The van der Waals surface area contributed by atoms with Crippen LogP contribution in [0.4, 0.5) is 15.8 Å². The van der Waals surface area contributed by atoms with E-state index in [9.17, 15) is 14.8 Å². The van der Waals surface area contributed by atoms with Crippen LogP contribution in [0.3, 0.4) is 0 Å². The van der Waals surface area contributed by atoms with E-state index in [1.54, 1.807) is 24.7 Å². The van der Waals surface area contributed by atoms with Crippen LogP contribution in [0.25, 0.3) is 22.0 Å². The molecular formula is C26H18ClFN4O2. The van der Waals surface area contributed by atoms with Gasteiger partial charge in [-0.1, -0.05) is 17.7 Å². The Morgan fingerprint density at radius 2 is 1.97 bits per heavy atom. The number of ether oxygens (including phenoxy) is 1. The maximum Gasteiger partial charge on any atom is 0.142 e. The van der Waals surface area contributed by atoms with Crippen molar-refractivity contribution < 1.29 is 14.2 Å². The highest BCUT2D eigenvalue weighted by Crippen LogP contribution is 2.42. The fourth-order valence-corrected chi connectivity index (χ4v) is 4.82. The molecule has 0 atom stereocenters. The van der Waals surface area contributed by atoms with E-state index < -0.39 is 11.4 Å². The average molecular weight is 473 g/mol. The zero-order valence-electron chi connectivity index (χ0n) is 17.9. The van der Waals surface area contributed by atoms with E-state index in [0.29, 0.717) is 29.8 Å². The lowest BCUT2D eigenvalue weighted by atomic mass is 9.91. The van der Waals surface area contributed by atoms with Gasteiger partial charge in [-0.05, 0) is 47.9 Å². The summed E-state index contributed by atoms with van der Waals surface area (Å²) < 4.78 is 19.2. The molecule has 0 bridgehead atoms. The minimum absolute atomic E-state index is 0.0454. The highest BCUT2D eigenvalue weighted by atomic mass is 35.5. The number of rotatable bonds is 3. The number of hydrogen-bond donors (Lipinski definition) is 1. The molecule has 0 aliphatic carbocycles. The summed E-state index contributed by atoms with van der Waals surface area (Å²) in [7, 11) is 0. The Hall–Kier alpha value is -3.57. The van der Waals surface area contributed by atoms with E-state index in [0.717, 1.165) is 33.3 Å². The fourth-order valence-electron chi connectivity index (χ4n) is 4.66. The zero-order valence-corrected chi connectivity index (χ0v) is 18.7. The largest absolute Gasteiger partial charge is 0.380 e. The van der Waals surface area contributed by atoms with Gasteiger partial charge in [0.25, 0.3) is 0 Å². The molecule has 2 aromatic carbocycles. The molecule has 2 aliphatic heterocycles. The summed E-state index contributed by atoms with van der Waals surface area (Å²) in [6.45, 7) is 1.08. The summed E-state index contributed by atoms with van der Waals surface area (Å²) in [4.78, 5) is 10.8. The topological polar surface area (TPSA) is 82.3 Å². The van der Waals surface area contributed by atoms with Gasteiger partial charge in [0.2, 0.25) is 0 Å². The zero-order chi connectivity index (χ0) is 23.4. The normalized spacial score (nSPS) is 16.2. The highest BCUT2D eigenvalue weighted by Gasteiger charge is 2.38. The van der Waals surface area contributed by atoms with Crippen LogP contribution in [0.15, 0.2) is 55.0 Å². The number of benzene rings is 2. The summed E-state index contributed by atoms with van der Waals surface area (Å²) in [5, 5.41) is 21.4. The SMILES string of the molecule is N#Cc1cnc2ccc(-c3cncc(C4(O)COC4)c3)cc2c1N1CCc2cc(F)c(Cl)cc21. The van der Waals surface area contributed by atoms with Crippen molar-refractivity contribution in [3.8, 4) is 17.2 Å². The maximum absolute atomic E-state index is 14.0. The summed E-state index contributed by atoms with van der Waals surface area (Å²) in [6.07, 6.45) is 5.60. The number of fused-ring (bicyclic) bond motifs is 2. The average Bonchev–Trinajstić information content (AvgIpc) is 3.23. The van der Waals surface area contributed by atoms with Gasteiger partial charge in [-0.25, -0.2) is 4.39 Å². The minimum atomic E-state index is -1.02. The maximum atomic E-state index is 14.0. The van der Waals surface area contributed by atoms with Crippen molar-refractivity contribution in [2.24, 2.45) is 0 Å². The molecule has 168 valence electrons. The Morgan fingerprint density at radius 3 is 2.74 bits per heavy atom. The molecule has 0 radical (unpaired) electrons. The second-order valence-corrected chi connectivity index (χ2v) is 9.05. The molecule has 1 fully saturated rings. The molecule has 4 heterocycles. The molecule has 0 saturated carbocycles. The number of nitrogens with zero attached hydrogens (tertiary/aromatic N) is 4. The molecular weight excluding hydrogens is 455 g/mol. The van der Waals surface area contributed by atoms with E-state index in [2.05, 4.69) is 16.0 Å². The van der Waals surface area contributed by atoms with Gasteiger partial charge in [-0.15, -0.1) is 0 Å². The molecule has 8 heteroatoms. The lowest BCUT2D eigenvalue weighted by molar-refractivity contribution is -0.184. The first-order valence-electron chi connectivity index (χ1n) is 10.8. The van der Waals surface area contributed by atoms with Gasteiger partial charge in [0.15, 0.2) is 0 Å². The van der Waals surface area contributed by atoms with Crippen molar-refractivity contribution in [1.29, 1.82) is 5.26 Å². The predicted octanol–water partition coefficient (Wildman–Crippen LogP) is 4.87. The lowest BCUT2D eigenvalue weighted by Crippen LogP contribution is -2.46. The molecule has 0 unspecified atom stereocenters. The third-order valence-corrected chi connectivity index (χ3v) is 6.83. The quantitative estimate of drug-likeness (QED) is 0.458. The minimum Gasteiger partial charge on any atom is -0.380 e. The van der Waals surface area contributed by atoms with Crippen LogP contribution in [0, 0.1) is 17.1 Å². The van der Waals surface area contributed by atoms with Gasteiger partial charge in [-0.2, -0.15) is 5.26 Å². The van der Waals surface area contributed by atoms with Crippen molar-refractivity contribution in [1.82, 2.24) is 9.97 Å². The van der Waals surface area contributed by atoms with Crippen molar-refractivity contribution in [3.05, 3.63) is 82.5 Å². The number of hydrogen-bond acceptors (Lipinski definition) is 6. The molecule has 0 amide bonds. The van der Waals surface area contributed by atoms with Gasteiger partial charge in [0, 0.05) is 47.3 Å². The summed E-state index contributed by atoms with van der Waals surface area (Å²) in [5.41, 5.74) is 4.89. The van der Waals surface area contributed by atoms with Crippen LogP contribution in [0.1, 0.15) is 16.7 Å². The fraction of sp³-hybridized carbons (Fsp3) is 0.192. The number of aromatic nitrogens is 2. The molecule has 2 aliphatic rings. The third-order valence-electron chi connectivity index (χ3n) is 6.54. The summed E-state index contributed by atoms with van der Waals surface area (Å²) in [5.74, 6) is -0.449. The molecule has 34 heavy (non-hydrogen) atoms. The molecule has 4 aromatic rings. The monoisotopic (exact) mass is 472 g/mol. The summed E-state index contributed by atoms with van der Waals surface area (Å²) >= 11 is 6.10. The van der Waals surface area contributed by atoms with Gasteiger partial charge in [0.05, 0.1) is 35.0 Å². The van der Waals surface area contributed by atoms with Crippen LogP contribution in [0.5, 0.6) is 0 Å². The van der Waals surface area contributed by atoms with Crippen molar-refractivity contribution >= 4 is 33.9 Å². The van der Waals surface area contributed by atoms with Crippen molar-refractivity contribution in [3.63, 3.8) is 0 Å². The number of pyridine rings is 2. The molecule has 6 rings (SSSR count). The van der Waals surface area contributed by atoms with Crippen LogP contribution in [-0.2, 0) is 16.8 Å². The van der Waals surface area contributed by atoms with Crippen molar-refractivity contribution in [2.45, 2.75) is 12.0 Å².